The van der Waals surface area contributed by atoms with Crippen LogP contribution in [0.15, 0.2) is 0 Å². The van der Waals surface area contributed by atoms with Gasteiger partial charge in [0.25, 0.3) is 0 Å². The van der Waals surface area contributed by atoms with Crippen LogP contribution >= 0.6 is 0 Å². The molecule has 8 heteroatoms. The summed E-state index contributed by atoms with van der Waals surface area (Å²) >= 11 is 0. The number of ether oxygens (including phenoxy) is 1. The van der Waals surface area contributed by atoms with E-state index < -0.39 is 0 Å². The van der Waals surface area contributed by atoms with Crippen LogP contribution in [0.2, 0.25) is 0 Å². The first-order chi connectivity index (χ1) is 14.5. The van der Waals surface area contributed by atoms with Crippen LogP contribution < -0.4 is 15.5 Å². The van der Waals surface area contributed by atoms with Gasteiger partial charge in [-0.3, -0.25) is 14.4 Å². The van der Waals surface area contributed by atoms with Gasteiger partial charge in [0, 0.05) is 57.9 Å². The Bertz CT molecular complexity index is 675. The maximum atomic E-state index is 12.0. The Balaban J connectivity index is 1.56. The summed E-state index contributed by atoms with van der Waals surface area (Å²) in [5.41, 5.74) is 2.52. The molecule has 3 heterocycles. The van der Waals surface area contributed by atoms with Crippen LogP contribution in [0.3, 0.4) is 0 Å². The van der Waals surface area contributed by atoms with E-state index in [1.54, 1.807) is 0 Å². The number of aromatic nitrogens is 2. The fraction of sp³-hybridized carbons (Fsp3) is 0.818. The lowest BCUT2D eigenvalue weighted by atomic mass is 10.0. The second kappa shape index (κ2) is 11.1. The highest BCUT2D eigenvalue weighted by atomic mass is 16.5. The first kappa shape index (κ1) is 23.0. The van der Waals surface area contributed by atoms with Crippen molar-refractivity contribution in [1.82, 2.24) is 25.3 Å². The minimum atomic E-state index is 0.148. The van der Waals surface area contributed by atoms with E-state index in [4.69, 9.17) is 9.84 Å². The standard InChI is InChI=1S/C22H40N6O2/c1-5-8-23-20(29)16-27-9-6-18(7-10-27)24-15-19-21(17(2)3)25-26(4)22(19)28-11-13-30-14-12-28/h17-18,24H,5-16H2,1-4H3,(H,23,29). The van der Waals surface area contributed by atoms with E-state index >= 15 is 0 Å². The zero-order valence-corrected chi connectivity index (χ0v) is 19.2. The average Bonchev–Trinajstić information content (AvgIpc) is 3.09. The number of hydrogen-bond donors (Lipinski definition) is 2. The summed E-state index contributed by atoms with van der Waals surface area (Å²) in [5.74, 6) is 1.78. The molecule has 1 amide bonds. The number of rotatable bonds is 9. The normalized spacial score (nSPS) is 18.9. The number of nitrogens with zero attached hydrogens (tertiary/aromatic N) is 4. The first-order valence-corrected chi connectivity index (χ1v) is 11.6. The van der Waals surface area contributed by atoms with Crippen molar-refractivity contribution in [1.29, 1.82) is 0 Å². The summed E-state index contributed by atoms with van der Waals surface area (Å²) in [4.78, 5) is 16.6. The number of amides is 1. The Morgan fingerprint density at radius 1 is 1.20 bits per heavy atom. The molecule has 2 fully saturated rings. The van der Waals surface area contributed by atoms with Crippen molar-refractivity contribution in [2.45, 2.75) is 58.5 Å². The molecule has 0 bridgehead atoms. The van der Waals surface area contributed by atoms with Gasteiger partial charge in [-0.15, -0.1) is 0 Å². The number of carbonyl (C=O) groups excluding carboxylic acids is 1. The molecule has 0 spiro atoms. The zero-order valence-electron chi connectivity index (χ0n) is 19.2. The largest absolute Gasteiger partial charge is 0.378 e. The van der Waals surface area contributed by atoms with E-state index in [-0.39, 0.29) is 5.91 Å². The Morgan fingerprint density at radius 2 is 1.90 bits per heavy atom. The van der Waals surface area contributed by atoms with Gasteiger partial charge in [-0.25, -0.2) is 0 Å². The van der Waals surface area contributed by atoms with Crippen LogP contribution in [0.1, 0.15) is 57.2 Å². The quantitative estimate of drug-likeness (QED) is 0.630. The third-order valence-corrected chi connectivity index (χ3v) is 6.10. The predicted molar refractivity (Wildman–Crippen MR) is 120 cm³/mol. The molecule has 0 unspecified atom stereocenters. The van der Waals surface area contributed by atoms with Crippen LogP contribution in [0.4, 0.5) is 5.82 Å². The molecule has 1 aromatic rings. The fourth-order valence-corrected chi connectivity index (χ4v) is 4.45. The second-order valence-electron chi connectivity index (χ2n) is 8.85. The van der Waals surface area contributed by atoms with E-state index in [1.165, 1.54) is 17.1 Å². The Kier molecular flexibility index (Phi) is 8.53. The Hall–Kier alpha value is -1.64. The minimum Gasteiger partial charge on any atom is -0.378 e. The van der Waals surface area contributed by atoms with Gasteiger partial charge in [-0.1, -0.05) is 20.8 Å². The lowest BCUT2D eigenvalue weighted by Crippen LogP contribution is -2.46. The molecule has 30 heavy (non-hydrogen) atoms. The molecule has 0 aromatic carbocycles. The van der Waals surface area contributed by atoms with Crippen molar-refractivity contribution < 1.29 is 9.53 Å². The number of hydrogen-bond acceptors (Lipinski definition) is 6. The van der Waals surface area contributed by atoms with Gasteiger partial charge >= 0.3 is 0 Å². The van der Waals surface area contributed by atoms with E-state index in [0.29, 0.717) is 18.5 Å². The van der Waals surface area contributed by atoms with E-state index in [1.807, 2.05) is 0 Å². The molecule has 1 aromatic heterocycles. The third kappa shape index (κ3) is 5.95. The molecule has 0 atom stereocenters. The molecule has 0 aliphatic carbocycles. The summed E-state index contributed by atoms with van der Waals surface area (Å²) < 4.78 is 7.60. The van der Waals surface area contributed by atoms with Crippen molar-refractivity contribution in [3.8, 4) is 0 Å². The van der Waals surface area contributed by atoms with Crippen LogP contribution in [-0.4, -0.2) is 79.1 Å². The summed E-state index contributed by atoms with van der Waals surface area (Å²) in [6.07, 6.45) is 3.13. The molecule has 170 valence electrons. The van der Waals surface area contributed by atoms with E-state index in [2.05, 4.69) is 52.9 Å². The molecule has 0 radical (unpaired) electrons. The number of aryl methyl sites for hydroxylation is 1. The summed E-state index contributed by atoms with van der Waals surface area (Å²) in [6, 6.07) is 0.484. The van der Waals surface area contributed by atoms with Crippen molar-refractivity contribution in [3.05, 3.63) is 11.3 Å². The number of morpholine rings is 1. The smallest absolute Gasteiger partial charge is 0.234 e. The molecular weight excluding hydrogens is 380 g/mol. The van der Waals surface area contributed by atoms with Crippen molar-refractivity contribution in [2.24, 2.45) is 7.05 Å². The van der Waals surface area contributed by atoms with Gasteiger partial charge in [-0.2, -0.15) is 5.10 Å². The van der Waals surface area contributed by atoms with Crippen LogP contribution in [0, 0.1) is 0 Å². The van der Waals surface area contributed by atoms with Gasteiger partial charge in [0.1, 0.15) is 5.82 Å². The van der Waals surface area contributed by atoms with Gasteiger partial charge in [0.2, 0.25) is 5.91 Å². The average molecular weight is 421 g/mol. The number of anilines is 1. The second-order valence-corrected chi connectivity index (χ2v) is 8.85. The molecule has 0 saturated carbocycles. The number of likely N-dealkylation sites (tertiary alicyclic amines) is 1. The highest BCUT2D eigenvalue weighted by Gasteiger charge is 2.26. The third-order valence-electron chi connectivity index (χ3n) is 6.10. The van der Waals surface area contributed by atoms with Gasteiger partial charge in [-0.05, 0) is 25.2 Å². The highest BCUT2D eigenvalue weighted by Crippen LogP contribution is 2.29. The SMILES string of the molecule is CCCNC(=O)CN1CCC(NCc2c(C(C)C)nn(C)c2N2CCOCC2)CC1. The molecular formula is C22H40N6O2. The molecule has 2 aliphatic rings. The van der Waals surface area contributed by atoms with Crippen molar-refractivity contribution in [3.63, 3.8) is 0 Å². The van der Waals surface area contributed by atoms with Gasteiger partial charge < -0.3 is 20.3 Å². The number of nitrogens with one attached hydrogen (secondary N) is 2. The van der Waals surface area contributed by atoms with Crippen LogP contribution in [-0.2, 0) is 23.1 Å². The van der Waals surface area contributed by atoms with Crippen molar-refractivity contribution >= 4 is 11.7 Å². The number of carbonyl (C=O) groups is 1. The molecule has 3 rings (SSSR count). The fourth-order valence-electron chi connectivity index (χ4n) is 4.45. The van der Waals surface area contributed by atoms with Crippen LogP contribution in [0.5, 0.6) is 0 Å². The molecule has 2 aliphatic heterocycles. The molecule has 2 N–H and O–H groups in total. The minimum absolute atomic E-state index is 0.148. The topological polar surface area (TPSA) is 74.7 Å². The van der Waals surface area contributed by atoms with Gasteiger partial charge in [0.15, 0.2) is 0 Å². The summed E-state index contributed by atoms with van der Waals surface area (Å²) in [6.45, 7) is 14.0. The number of piperidine rings is 1. The first-order valence-electron chi connectivity index (χ1n) is 11.6. The predicted octanol–water partition coefficient (Wildman–Crippen LogP) is 1.46. The zero-order chi connectivity index (χ0) is 21.5. The summed E-state index contributed by atoms with van der Waals surface area (Å²) in [5, 5.41) is 11.6. The maximum absolute atomic E-state index is 12.0. The lowest BCUT2D eigenvalue weighted by Gasteiger charge is -2.33. The van der Waals surface area contributed by atoms with E-state index in [0.717, 1.165) is 71.7 Å². The lowest BCUT2D eigenvalue weighted by molar-refractivity contribution is -0.122. The Labute approximate surface area is 181 Å². The maximum Gasteiger partial charge on any atom is 0.234 e. The monoisotopic (exact) mass is 420 g/mol. The molecule has 8 nitrogen and oxygen atoms in total. The van der Waals surface area contributed by atoms with E-state index in [9.17, 15) is 4.79 Å². The van der Waals surface area contributed by atoms with Gasteiger partial charge in [0.05, 0.1) is 25.5 Å². The van der Waals surface area contributed by atoms with Crippen LogP contribution in [0.25, 0.3) is 0 Å². The summed E-state index contributed by atoms with van der Waals surface area (Å²) in [7, 11) is 2.06. The Morgan fingerprint density at radius 3 is 2.53 bits per heavy atom. The molecule has 2 saturated heterocycles. The van der Waals surface area contributed by atoms with Crippen molar-refractivity contribution in [2.75, 3.05) is 57.4 Å². The highest BCUT2D eigenvalue weighted by molar-refractivity contribution is 5.77.